The van der Waals surface area contributed by atoms with Gasteiger partial charge in [-0.2, -0.15) is 5.10 Å². The number of anilines is 1. The van der Waals surface area contributed by atoms with Crippen LogP contribution in [0.1, 0.15) is 21.5 Å². The zero-order valence-corrected chi connectivity index (χ0v) is 14.8. The quantitative estimate of drug-likeness (QED) is 0.550. The van der Waals surface area contributed by atoms with Gasteiger partial charge in [-0.25, -0.2) is 0 Å². The lowest BCUT2D eigenvalue weighted by atomic mass is 10.0. The Bertz CT molecular complexity index is 978. The fourth-order valence-electron chi connectivity index (χ4n) is 2.43. The first kappa shape index (κ1) is 17.6. The molecule has 0 unspecified atom stereocenters. The first-order valence-corrected chi connectivity index (χ1v) is 8.28. The summed E-state index contributed by atoms with van der Waals surface area (Å²) >= 11 is 6.04. The van der Waals surface area contributed by atoms with E-state index >= 15 is 0 Å². The van der Waals surface area contributed by atoms with Crippen LogP contribution < -0.4 is 5.32 Å². The van der Waals surface area contributed by atoms with Crippen molar-refractivity contribution < 1.29 is 9.59 Å². The molecule has 1 heterocycles. The molecule has 0 atom stereocenters. The molecule has 0 aliphatic heterocycles. The molecule has 1 N–H and O–H groups in total. The van der Waals surface area contributed by atoms with Crippen LogP contribution in [0.4, 0.5) is 5.69 Å². The number of rotatable bonds is 5. The molecule has 3 rings (SSSR count). The van der Waals surface area contributed by atoms with Crippen LogP contribution >= 0.6 is 11.6 Å². The van der Waals surface area contributed by atoms with Crippen LogP contribution in [0.5, 0.6) is 0 Å². The van der Waals surface area contributed by atoms with Gasteiger partial charge in [0.15, 0.2) is 5.78 Å². The number of hydrogen-bond acceptors (Lipinski definition) is 3. The van der Waals surface area contributed by atoms with E-state index in [4.69, 9.17) is 11.6 Å². The summed E-state index contributed by atoms with van der Waals surface area (Å²) in [5, 5.41) is 7.19. The van der Waals surface area contributed by atoms with E-state index in [2.05, 4.69) is 10.4 Å². The zero-order valence-electron chi connectivity index (χ0n) is 14.0. The fraction of sp³-hybridized carbons (Fsp3) is 0.0500. The number of carbonyl (C=O) groups excluding carboxylic acids is 2. The van der Waals surface area contributed by atoms with E-state index in [0.717, 1.165) is 5.56 Å². The summed E-state index contributed by atoms with van der Waals surface area (Å²) < 4.78 is 1.65. The fourth-order valence-corrected chi connectivity index (χ4v) is 2.60. The minimum absolute atomic E-state index is 0.209. The van der Waals surface area contributed by atoms with E-state index in [0.29, 0.717) is 21.8 Å². The van der Waals surface area contributed by atoms with E-state index in [1.54, 1.807) is 72.7 Å². The van der Waals surface area contributed by atoms with Gasteiger partial charge in [0, 0.05) is 41.0 Å². The summed E-state index contributed by atoms with van der Waals surface area (Å²) in [5.74, 6) is -0.557. The predicted octanol–water partition coefficient (Wildman–Crippen LogP) is 3.96. The van der Waals surface area contributed by atoms with Crippen molar-refractivity contribution in [3.8, 4) is 0 Å². The molecule has 0 aliphatic carbocycles. The van der Waals surface area contributed by atoms with Gasteiger partial charge in [0.2, 0.25) is 5.91 Å². The number of benzene rings is 2. The van der Waals surface area contributed by atoms with Crippen LogP contribution in [-0.2, 0) is 11.8 Å². The molecule has 3 aromatic rings. The van der Waals surface area contributed by atoms with Crippen molar-refractivity contribution in [2.24, 2.45) is 7.05 Å². The van der Waals surface area contributed by atoms with Gasteiger partial charge in [-0.15, -0.1) is 0 Å². The Hall–Kier alpha value is -3.18. The van der Waals surface area contributed by atoms with Gasteiger partial charge in [0.25, 0.3) is 0 Å². The minimum Gasteiger partial charge on any atom is -0.322 e. The van der Waals surface area contributed by atoms with E-state index in [9.17, 15) is 9.59 Å². The van der Waals surface area contributed by atoms with Crippen molar-refractivity contribution in [2.75, 3.05) is 5.32 Å². The third-order valence-electron chi connectivity index (χ3n) is 3.67. The van der Waals surface area contributed by atoms with Crippen LogP contribution in [0.25, 0.3) is 6.08 Å². The maximum Gasteiger partial charge on any atom is 0.248 e. The Morgan fingerprint density at radius 3 is 2.62 bits per heavy atom. The number of halogens is 1. The largest absolute Gasteiger partial charge is 0.322 e. The third-order valence-corrected chi connectivity index (χ3v) is 3.91. The summed E-state index contributed by atoms with van der Waals surface area (Å²) in [7, 11) is 1.80. The summed E-state index contributed by atoms with van der Waals surface area (Å²) in [6, 6.07) is 13.6. The average Bonchev–Trinajstić information content (AvgIpc) is 3.07. The first-order valence-electron chi connectivity index (χ1n) is 7.90. The average molecular weight is 366 g/mol. The van der Waals surface area contributed by atoms with Crippen molar-refractivity contribution in [1.29, 1.82) is 0 Å². The molecule has 26 heavy (non-hydrogen) atoms. The van der Waals surface area contributed by atoms with Gasteiger partial charge in [0.05, 0.1) is 11.9 Å². The van der Waals surface area contributed by atoms with E-state index < -0.39 is 0 Å². The van der Waals surface area contributed by atoms with Crippen molar-refractivity contribution >= 4 is 35.1 Å². The number of aryl methyl sites for hydroxylation is 1. The van der Waals surface area contributed by atoms with Crippen molar-refractivity contribution in [2.45, 2.75) is 0 Å². The Kier molecular flexibility index (Phi) is 5.29. The smallest absolute Gasteiger partial charge is 0.248 e. The van der Waals surface area contributed by atoms with Crippen LogP contribution in [0, 0.1) is 0 Å². The number of amides is 1. The molecule has 6 heteroatoms. The lowest BCUT2D eigenvalue weighted by Crippen LogP contribution is -2.12. The Labute approximate surface area is 155 Å². The molecule has 1 amide bonds. The monoisotopic (exact) mass is 365 g/mol. The first-order chi connectivity index (χ1) is 12.5. The molecular formula is C20H16ClN3O2. The topological polar surface area (TPSA) is 64.0 Å². The highest BCUT2D eigenvalue weighted by Gasteiger charge is 2.15. The number of aromatic nitrogens is 2. The highest BCUT2D eigenvalue weighted by Crippen LogP contribution is 2.24. The van der Waals surface area contributed by atoms with Crippen LogP contribution in [0.2, 0.25) is 5.02 Å². The van der Waals surface area contributed by atoms with Gasteiger partial charge < -0.3 is 5.32 Å². The summed E-state index contributed by atoms with van der Waals surface area (Å²) in [4.78, 5) is 25.0. The molecule has 2 aromatic carbocycles. The molecule has 5 nitrogen and oxygen atoms in total. The minimum atomic E-state index is -0.349. The molecule has 0 spiro atoms. The second kappa shape index (κ2) is 7.80. The zero-order chi connectivity index (χ0) is 18.5. The molecular weight excluding hydrogens is 350 g/mol. The van der Waals surface area contributed by atoms with Crippen molar-refractivity contribution in [3.63, 3.8) is 0 Å². The number of nitrogens with one attached hydrogen (secondary N) is 1. The lowest BCUT2D eigenvalue weighted by Gasteiger charge is -2.10. The van der Waals surface area contributed by atoms with E-state index in [1.165, 1.54) is 6.08 Å². The molecule has 130 valence electrons. The van der Waals surface area contributed by atoms with Crippen LogP contribution in [-0.4, -0.2) is 21.5 Å². The Balaban J connectivity index is 1.82. The molecule has 1 aromatic heterocycles. The van der Waals surface area contributed by atoms with Crippen LogP contribution in [0.3, 0.4) is 0 Å². The highest BCUT2D eigenvalue weighted by atomic mass is 35.5. The van der Waals surface area contributed by atoms with Gasteiger partial charge in [0.1, 0.15) is 0 Å². The number of hydrogen-bond donors (Lipinski definition) is 1. The number of nitrogens with zero attached hydrogens (tertiary/aromatic N) is 2. The molecule has 0 saturated heterocycles. The Morgan fingerprint density at radius 1 is 1.15 bits per heavy atom. The third kappa shape index (κ3) is 4.26. The van der Waals surface area contributed by atoms with Crippen LogP contribution in [0.15, 0.2) is 67.0 Å². The molecule has 0 saturated carbocycles. The second-order valence-electron chi connectivity index (χ2n) is 5.65. The summed E-state index contributed by atoms with van der Waals surface area (Å²) in [5.41, 5.74) is 2.08. The van der Waals surface area contributed by atoms with Gasteiger partial charge in [-0.1, -0.05) is 41.9 Å². The second-order valence-corrected chi connectivity index (χ2v) is 6.09. The SMILES string of the molecule is Cn1cc(C=CC(=O)Nc2ccc(Cl)cc2C(=O)c2ccccc2)cn1. The van der Waals surface area contributed by atoms with Crippen molar-refractivity contribution in [3.05, 3.63) is 88.7 Å². The lowest BCUT2D eigenvalue weighted by molar-refractivity contribution is -0.111. The number of ketones is 1. The van der Waals surface area contributed by atoms with E-state index in [1.807, 2.05) is 6.07 Å². The molecule has 0 bridgehead atoms. The van der Waals surface area contributed by atoms with Gasteiger partial charge in [-0.05, 0) is 24.3 Å². The Morgan fingerprint density at radius 2 is 1.92 bits per heavy atom. The van der Waals surface area contributed by atoms with Gasteiger partial charge >= 0.3 is 0 Å². The predicted molar refractivity (Wildman–Crippen MR) is 102 cm³/mol. The summed E-state index contributed by atoms with van der Waals surface area (Å²) in [6.07, 6.45) is 6.48. The highest BCUT2D eigenvalue weighted by molar-refractivity contribution is 6.31. The van der Waals surface area contributed by atoms with Crippen molar-refractivity contribution in [1.82, 2.24) is 9.78 Å². The molecule has 0 radical (unpaired) electrons. The molecule has 0 fully saturated rings. The molecule has 0 aliphatic rings. The standard InChI is InChI=1S/C20H16ClN3O2/c1-24-13-14(12-22-24)7-10-19(25)23-18-9-8-16(21)11-17(18)20(26)15-5-3-2-4-6-15/h2-13H,1H3,(H,23,25). The normalized spacial score (nSPS) is 10.8. The van der Waals surface area contributed by atoms with E-state index in [-0.39, 0.29) is 11.7 Å². The maximum atomic E-state index is 12.7. The number of carbonyl (C=O) groups is 2. The van der Waals surface area contributed by atoms with Gasteiger partial charge in [-0.3, -0.25) is 14.3 Å². The maximum absolute atomic E-state index is 12.7. The summed E-state index contributed by atoms with van der Waals surface area (Å²) in [6.45, 7) is 0.